The second-order valence-corrected chi connectivity index (χ2v) is 16.7. The first kappa shape index (κ1) is 15.1. The summed E-state index contributed by atoms with van der Waals surface area (Å²) in [5.41, 5.74) is 2.36. The molecule has 0 aromatic carbocycles. The fourth-order valence-corrected chi connectivity index (χ4v) is 2.62. The van der Waals surface area contributed by atoms with Gasteiger partial charge >= 0.3 is 0 Å². The van der Waals surface area contributed by atoms with E-state index in [1.807, 2.05) is 0 Å². The molecule has 0 radical (unpaired) electrons. The van der Waals surface area contributed by atoms with E-state index in [2.05, 4.69) is 65.3 Å². The first-order valence-electron chi connectivity index (χ1n) is 5.77. The molecule has 0 saturated carbocycles. The standard InChI is InChI=1S/C12H28OSi2/c1-12(2,3)15(7,8)13-10-9-11-14(4,5)6/h9,11H,10H2,1-8H3/b11-9-. The van der Waals surface area contributed by atoms with Gasteiger partial charge in [0.05, 0.1) is 14.7 Å². The Morgan fingerprint density at radius 2 is 1.47 bits per heavy atom. The summed E-state index contributed by atoms with van der Waals surface area (Å²) in [6, 6.07) is 0. The Kier molecular flexibility index (Phi) is 5.02. The summed E-state index contributed by atoms with van der Waals surface area (Å²) in [5, 5.41) is 0.319. The van der Waals surface area contributed by atoms with Crippen LogP contribution in [0.2, 0.25) is 37.8 Å². The predicted molar refractivity (Wildman–Crippen MR) is 75.6 cm³/mol. The van der Waals surface area contributed by atoms with Crippen molar-refractivity contribution in [3.05, 3.63) is 11.8 Å². The molecule has 0 fully saturated rings. The highest BCUT2D eigenvalue weighted by molar-refractivity contribution is 6.81. The Morgan fingerprint density at radius 3 is 1.80 bits per heavy atom. The molecule has 0 unspecified atom stereocenters. The highest BCUT2D eigenvalue weighted by Crippen LogP contribution is 2.36. The summed E-state index contributed by atoms with van der Waals surface area (Å²) < 4.78 is 6.06. The van der Waals surface area contributed by atoms with Crippen LogP contribution in [0.1, 0.15) is 20.8 Å². The molecule has 90 valence electrons. The van der Waals surface area contributed by atoms with Gasteiger partial charge in [-0.05, 0) is 18.1 Å². The summed E-state index contributed by atoms with van der Waals surface area (Å²) in [7, 11) is -2.58. The maximum absolute atomic E-state index is 6.06. The fraction of sp³-hybridized carbons (Fsp3) is 0.833. The summed E-state index contributed by atoms with van der Waals surface area (Å²) >= 11 is 0. The van der Waals surface area contributed by atoms with Crippen LogP contribution in [0.15, 0.2) is 11.8 Å². The van der Waals surface area contributed by atoms with Crippen molar-refractivity contribution in [2.45, 2.75) is 58.5 Å². The van der Waals surface area contributed by atoms with Gasteiger partial charge in [0, 0.05) is 0 Å². The van der Waals surface area contributed by atoms with Gasteiger partial charge in [0.1, 0.15) is 0 Å². The van der Waals surface area contributed by atoms with Crippen molar-refractivity contribution in [3.8, 4) is 0 Å². The third-order valence-corrected chi connectivity index (χ3v) is 8.70. The Balaban J connectivity index is 4.13. The molecule has 0 spiro atoms. The van der Waals surface area contributed by atoms with Gasteiger partial charge in [0.15, 0.2) is 8.32 Å². The van der Waals surface area contributed by atoms with E-state index in [1.54, 1.807) is 0 Å². The Morgan fingerprint density at radius 1 is 1.00 bits per heavy atom. The highest BCUT2D eigenvalue weighted by atomic mass is 28.4. The molecule has 15 heavy (non-hydrogen) atoms. The first-order chi connectivity index (χ1) is 6.46. The lowest BCUT2D eigenvalue weighted by Crippen LogP contribution is -2.40. The van der Waals surface area contributed by atoms with Crippen molar-refractivity contribution in [2.75, 3.05) is 6.61 Å². The van der Waals surface area contributed by atoms with Gasteiger partial charge in [0.25, 0.3) is 0 Å². The van der Waals surface area contributed by atoms with Gasteiger partial charge in [-0.1, -0.05) is 52.2 Å². The van der Waals surface area contributed by atoms with Crippen LogP contribution >= 0.6 is 0 Å². The molecule has 0 aromatic rings. The molecule has 0 aromatic heterocycles. The zero-order chi connectivity index (χ0) is 12.3. The molecule has 0 amide bonds. The molecule has 0 rings (SSSR count). The van der Waals surface area contributed by atoms with Crippen LogP contribution in [0, 0.1) is 0 Å². The lowest BCUT2D eigenvalue weighted by Gasteiger charge is -2.35. The second-order valence-electron chi connectivity index (χ2n) is 6.84. The Labute approximate surface area is 98.1 Å². The molecule has 3 heteroatoms. The van der Waals surface area contributed by atoms with Crippen LogP contribution in [0.3, 0.4) is 0 Å². The molecule has 0 saturated heterocycles. The molecular weight excluding hydrogens is 216 g/mol. The van der Waals surface area contributed by atoms with Crippen molar-refractivity contribution in [2.24, 2.45) is 0 Å². The predicted octanol–water partition coefficient (Wildman–Crippen LogP) is 4.44. The van der Waals surface area contributed by atoms with E-state index in [1.165, 1.54) is 0 Å². The fourth-order valence-electron chi connectivity index (χ4n) is 0.875. The van der Waals surface area contributed by atoms with Gasteiger partial charge in [-0.3, -0.25) is 0 Å². The Hall–Kier alpha value is 0.134. The van der Waals surface area contributed by atoms with Gasteiger partial charge in [-0.2, -0.15) is 0 Å². The molecule has 0 bridgehead atoms. The molecule has 0 atom stereocenters. The number of hydrogen-bond donors (Lipinski definition) is 0. The minimum atomic E-state index is -1.54. The smallest absolute Gasteiger partial charge is 0.192 e. The highest BCUT2D eigenvalue weighted by Gasteiger charge is 2.36. The molecule has 0 N–H and O–H groups in total. The van der Waals surface area contributed by atoms with E-state index < -0.39 is 16.4 Å². The molecular formula is C12H28OSi2. The van der Waals surface area contributed by atoms with Crippen molar-refractivity contribution in [3.63, 3.8) is 0 Å². The third kappa shape index (κ3) is 6.33. The summed E-state index contributed by atoms with van der Waals surface area (Å²) in [6.07, 6.45) is 2.21. The quantitative estimate of drug-likeness (QED) is 0.664. The van der Waals surface area contributed by atoms with Crippen LogP contribution < -0.4 is 0 Å². The first-order valence-corrected chi connectivity index (χ1v) is 12.3. The average Bonchev–Trinajstić information content (AvgIpc) is 1.94. The normalized spacial score (nSPS) is 14.9. The van der Waals surface area contributed by atoms with Crippen LogP contribution in [-0.2, 0) is 4.43 Å². The lowest BCUT2D eigenvalue weighted by molar-refractivity contribution is 0.328. The van der Waals surface area contributed by atoms with E-state index in [0.29, 0.717) is 5.04 Å². The van der Waals surface area contributed by atoms with Crippen molar-refractivity contribution in [1.29, 1.82) is 0 Å². The van der Waals surface area contributed by atoms with E-state index in [-0.39, 0.29) is 0 Å². The lowest BCUT2D eigenvalue weighted by atomic mass is 10.2. The van der Waals surface area contributed by atoms with Crippen LogP contribution in [0.4, 0.5) is 0 Å². The number of hydrogen-bond acceptors (Lipinski definition) is 1. The largest absolute Gasteiger partial charge is 0.413 e. The van der Waals surface area contributed by atoms with E-state index in [4.69, 9.17) is 4.43 Å². The van der Waals surface area contributed by atoms with Crippen molar-refractivity contribution >= 4 is 16.4 Å². The van der Waals surface area contributed by atoms with Crippen LogP contribution in [0.25, 0.3) is 0 Å². The van der Waals surface area contributed by atoms with Crippen molar-refractivity contribution < 1.29 is 4.43 Å². The minimum Gasteiger partial charge on any atom is -0.413 e. The molecule has 0 heterocycles. The Bertz CT molecular complexity index is 219. The maximum Gasteiger partial charge on any atom is 0.192 e. The SMILES string of the molecule is CC(C)(C)[Si](C)(C)OC/C=C\[Si](C)(C)C. The molecule has 0 aliphatic carbocycles. The monoisotopic (exact) mass is 244 g/mol. The number of rotatable bonds is 4. The van der Waals surface area contributed by atoms with Crippen LogP contribution in [-0.4, -0.2) is 23.0 Å². The van der Waals surface area contributed by atoms with Gasteiger partial charge in [0.2, 0.25) is 0 Å². The van der Waals surface area contributed by atoms with E-state index in [0.717, 1.165) is 6.61 Å². The summed E-state index contributed by atoms with van der Waals surface area (Å²) in [5.74, 6) is 0. The van der Waals surface area contributed by atoms with E-state index >= 15 is 0 Å². The minimum absolute atomic E-state index is 0.319. The molecule has 0 aliphatic rings. The molecule has 0 aliphatic heterocycles. The van der Waals surface area contributed by atoms with Gasteiger partial charge in [-0.25, -0.2) is 0 Å². The van der Waals surface area contributed by atoms with E-state index in [9.17, 15) is 0 Å². The molecule has 1 nitrogen and oxygen atoms in total. The second kappa shape index (κ2) is 4.98. The summed E-state index contributed by atoms with van der Waals surface area (Å²) in [6.45, 7) is 19.3. The van der Waals surface area contributed by atoms with Crippen molar-refractivity contribution in [1.82, 2.24) is 0 Å². The third-order valence-electron chi connectivity index (χ3n) is 2.96. The van der Waals surface area contributed by atoms with Gasteiger partial charge < -0.3 is 4.43 Å². The maximum atomic E-state index is 6.06. The summed E-state index contributed by atoms with van der Waals surface area (Å²) in [4.78, 5) is 0. The topological polar surface area (TPSA) is 9.23 Å². The van der Waals surface area contributed by atoms with Crippen LogP contribution in [0.5, 0.6) is 0 Å². The zero-order valence-corrected chi connectivity index (χ0v) is 13.8. The average molecular weight is 245 g/mol. The zero-order valence-electron chi connectivity index (χ0n) is 11.8. The van der Waals surface area contributed by atoms with Gasteiger partial charge in [-0.15, -0.1) is 0 Å².